The molecule has 0 amide bonds. The third-order valence-electron chi connectivity index (χ3n) is 4.06. The molecule has 3 rings (SSSR count). The Morgan fingerprint density at radius 3 is 2.95 bits per heavy atom. The van der Waals surface area contributed by atoms with E-state index in [2.05, 4.69) is 46.7 Å². The van der Waals surface area contributed by atoms with Gasteiger partial charge in [-0.15, -0.1) is 0 Å². The van der Waals surface area contributed by atoms with Gasteiger partial charge in [-0.1, -0.05) is 29.8 Å². The summed E-state index contributed by atoms with van der Waals surface area (Å²) in [4.78, 5) is 0. The summed E-state index contributed by atoms with van der Waals surface area (Å²) < 4.78 is 5.52. The SMILES string of the molecule is Cc1ccc(-c2[nH]ncc2CNCC2CCCOC2)cc1. The molecule has 2 aromatic rings. The summed E-state index contributed by atoms with van der Waals surface area (Å²) in [6.07, 6.45) is 4.37. The van der Waals surface area contributed by atoms with Crippen LogP contribution in [0.5, 0.6) is 0 Å². The van der Waals surface area contributed by atoms with Crippen molar-refractivity contribution in [2.45, 2.75) is 26.3 Å². The summed E-state index contributed by atoms with van der Waals surface area (Å²) in [7, 11) is 0. The number of rotatable bonds is 5. The summed E-state index contributed by atoms with van der Waals surface area (Å²) >= 11 is 0. The van der Waals surface area contributed by atoms with Crippen LogP contribution in [0.1, 0.15) is 24.0 Å². The lowest BCUT2D eigenvalue weighted by Gasteiger charge is -2.22. The number of aromatic nitrogens is 2. The normalized spacial score (nSPS) is 18.8. The van der Waals surface area contributed by atoms with E-state index in [1.54, 1.807) is 0 Å². The molecule has 2 heterocycles. The number of benzene rings is 1. The molecule has 1 aliphatic rings. The number of hydrogen-bond donors (Lipinski definition) is 2. The van der Waals surface area contributed by atoms with Crippen molar-refractivity contribution in [1.29, 1.82) is 0 Å². The molecule has 0 radical (unpaired) electrons. The lowest BCUT2D eigenvalue weighted by atomic mass is 10.0. The maximum Gasteiger partial charge on any atom is 0.0695 e. The van der Waals surface area contributed by atoms with Crippen molar-refractivity contribution in [2.24, 2.45) is 5.92 Å². The minimum atomic E-state index is 0.647. The summed E-state index contributed by atoms with van der Waals surface area (Å²) in [5, 5.41) is 10.9. The first-order valence-corrected chi connectivity index (χ1v) is 7.70. The minimum absolute atomic E-state index is 0.647. The van der Waals surface area contributed by atoms with Crippen LogP contribution >= 0.6 is 0 Å². The number of aromatic amines is 1. The molecule has 112 valence electrons. The van der Waals surface area contributed by atoms with Gasteiger partial charge in [0.05, 0.1) is 18.5 Å². The van der Waals surface area contributed by atoms with Gasteiger partial charge in [0, 0.05) is 25.3 Å². The Morgan fingerprint density at radius 2 is 2.19 bits per heavy atom. The first kappa shape index (κ1) is 14.3. The van der Waals surface area contributed by atoms with Crippen LogP contribution in [0.3, 0.4) is 0 Å². The van der Waals surface area contributed by atoms with E-state index in [9.17, 15) is 0 Å². The van der Waals surface area contributed by atoms with Crippen molar-refractivity contribution >= 4 is 0 Å². The maximum absolute atomic E-state index is 5.52. The van der Waals surface area contributed by atoms with Crippen LogP contribution in [0.25, 0.3) is 11.3 Å². The Morgan fingerprint density at radius 1 is 1.33 bits per heavy atom. The summed E-state index contributed by atoms with van der Waals surface area (Å²) in [6.45, 7) is 5.78. The first-order valence-electron chi connectivity index (χ1n) is 7.70. The second kappa shape index (κ2) is 6.87. The van der Waals surface area contributed by atoms with E-state index in [1.165, 1.54) is 29.5 Å². The lowest BCUT2D eigenvalue weighted by molar-refractivity contribution is 0.0547. The quantitative estimate of drug-likeness (QED) is 0.888. The zero-order valence-electron chi connectivity index (χ0n) is 12.6. The van der Waals surface area contributed by atoms with Crippen molar-refractivity contribution in [2.75, 3.05) is 19.8 Å². The molecular weight excluding hydrogens is 262 g/mol. The number of H-pyrrole nitrogens is 1. The van der Waals surface area contributed by atoms with E-state index in [-0.39, 0.29) is 0 Å². The minimum Gasteiger partial charge on any atom is -0.381 e. The summed E-state index contributed by atoms with van der Waals surface area (Å²) in [5.41, 5.74) is 4.80. The van der Waals surface area contributed by atoms with Gasteiger partial charge in [0.15, 0.2) is 0 Å². The Balaban J connectivity index is 1.59. The van der Waals surface area contributed by atoms with Gasteiger partial charge in [-0.2, -0.15) is 5.10 Å². The predicted molar refractivity (Wildman–Crippen MR) is 84.0 cm³/mol. The van der Waals surface area contributed by atoms with E-state index in [4.69, 9.17) is 4.74 Å². The summed E-state index contributed by atoms with van der Waals surface area (Å²) in [6, 6.07) is 8.54. The van der Waals surface area contributed by atoms with E-state index in [1.807, 2.05) is 6.20 Å². The zero-order valence-corrected chi connectivity index (χ0v) is 12.6. The number of nitrogens with zero attached hydrogens (tertiary/aromatic N) is 1. The Hall–Kier alpha value is -1.65. The van der Waals surface area contributed by atoms with Crippen LogP contribution in [0.4, 0.5) is 0 Å². The summed E-state index contributed by atoms with van der Waals surface area (Å²) in [5.74, 6) is 0.647. The molecule has 0 aliphatic carbocycles. The van der Waals surface area contributed by atoms with Gasteiger partial charge in [0.1, 0.15) is 0 Å². The molecule has 1 unspecified atom stereocenters. The fraction of sp³-hybridized carbons (Fsp3) is 0.471. The van der Waals surface area contributed by atoms with Crippen LogP contribution in [0.15, 0.2) is 30.5 Å². The average molecular weight is 285 g/mol. The average Bonchev–Trinajstić information content (AvgIpc) is 2.98. The van der Waals surface area contributed by atoms with E-state index >= 15 is 0 Å². The third kappa shape index (κ3) is 3.71. The molecule has 0 bridgehead atoms. The number of hydrogen-bond acceptors (Lipinski definition) is 3. The lowest BCUT2D eigenvalue weighted by Crippen LogP contribution is -2.28. The van der Waals surface area contributed by atoms with Gasteiger partial charge >= 0.3 is 0 Å². The predicted octanol–water partition coefficient (Wildman–Crippen LogP) is 2.90. The Labute approximate surface area is 125 Å². The van der Waals surface area contributed by atoms with Gasteiger partial charge in [-0.05, 0) is 31.2 Å². The first-order chi connectivity index (χ1) is 10.3. The monoisotopic (exact) mass is 285 g/mol. The van der Waals surface area contributed by atoms with Crippen LogP contribution in [0, 0.1) is 12.8 Å². The van der Waals surface area contributed by atoms with Gasteiger partial charge in [-0.3, -0.25) is 5.10 Å². The maximum atomic E-state index is 5.52. The second-order valence-corrected chi connectivity index (χ2v) is 5.85. The molecule has 1 saturated heterocycles. The third-order valence-corrected chi connectivity index (χ3v) is 4.06. The van der Waals surface area contributed by atoms with E-state index < -0.39 is 0 Å². The largest absolute Gasteiger partial charge is 0.381 e. The molecule has 1 aromatic heterocycles. The molecule has 4 nitrogen and oxygen atoms in total. The van der Waals surface area contributed by atoms with Gasteiger partial charge in [0.2, 0.25) is 0 Å². The number of nitrogens with one attached hydrogen (secondary N) is 2. The van der Waals surface area contributed by atoms with Crippen molar-refractivity contribution < 1.29 is 4.74 Å². The van der Waals surface area contributed by atoms with Crippen LogP contribution < -0.4 is 5.32 Å². The highest BCUT2D eigenvalue weighted by molar-refractivity contribution is 5.62. The molecule has 0 saturated carbocycles. The van der Waals surface area contributed by atoms with Crippen molar-refractivity contribution in [3.63, 3.8) is 0 Å². The second-order valence-electron chi connectivity index (χ2n) is 5.85. The van der Waals surface area contributed by atoms with Gasteiger partial charge in [0.25, 0.3) is 0 Å². The molecule has 1 atom stereocenters. The Bertz CT molecular complexity index is 556. The van der Waals surface area contributed by atoms with Crippen LogP contribution in [-0.4, -0.2) is 30.0 Å². The highest BCUT2D eigenvalue weighted by atomic mass is 16.5. The molecule has 21 heavy (non-hydrogen) atoms. The molecular formula is C17H23N3O. The highest BCUT2D eigenvalue weighted by Gasteiger charge is 2.14. The topological polar surface area (TPSA) is 49.9 Å². The smallest absolute Gasteiger partial charge is 0.0695 e. The van der Waals surface area contributed by atoms with Crippen LogP contribution in [0.2, 0.25) is 0 Å². The highest BCUT2D eigenvalue weighted by Crippen LogP contribution is 2.21. The van der Waals surface area contributed by atoms with Crippen molar-refractivity contribution in [1.82, 2.24) is 15.5 Å². The molecule has 2 N–H and O–H groups in total. The standard InChI is InChI=1S/C17H23N3O/c1-13-4-6-15(7-5-13)17-16(11-19-20-17)10-18-9-14-3-2-8-21-12-14/h4-7,11,14,18H,2-3,8-10,12H2,1H3,(H,19,20). The molecule has 1 fully saturated rings. The Kier molecular flexibility index (Phi) is 4.68. The van der Waals surface area contributed by atoms with E-state index in [0.29, 0.717) is 5.92 Å². The van der Waals surface area contributed by atoms with Crippen molar-refractivity contribution in [3.8, 4) is 11.3 Å². The zero-order chi connectivity index (χ0) is 14.5. The number of aryl methyl sites for hydroxylation is 1. The molecule has 4 heteroatoms. The molecule has 1 aromatic carbocycles. The van der Waals surface area contributed by atoms with Gasteiger partial charge in [-0.25, -0.2) is 0 Å². The van der Waals surface area contributed by atoms with Crippen molar-refractivity contribution in [3.05, 3.63) is 41.6 Å². The number of ether oxygens (including phenoxy) is 1. The molecule has 0 spiro atoms. The molecule has 1 aliphatic heterocycles. The fourth-order valence-corrected chi connectivity index (χ4v) is 2.79. The van der Waals surface area contributed by atoms with E-state index in [0.717, 1.165) is 32.0 Å². The van der Waals surface area contributed by atoms with Gasteiger partial charge < -0.3 is 10.1 Å². The van der Waals surface area contributed by atoms with Crippen LogP contribution in [-0.2, 0) is 11.3 Å². The fourth-order valence-electron chi connectivity index (χ4n) is 2.79.